The maximum absolute atomic E-state index is 5.33. The smallest absolute Gasteiger partial charge is 0.193 e. The van der Waals surface area contributed by atoms with Crippen molar-refractivity contribution in [3.63, 3.8) is 0 Å². The van der Waals surface area contributed by atoms with E-state index in [9.17, 15) is 0 Å². The van der Waals surface area contributed by atoms with Gasteiger partial charge < -0.3 is 5.32 Å². The lowest BCUT2D eigenvalue weighted by Crippen LogP contribution is -2.27. The van der Waals surface area contributed by atoms with Crippen LogP contribution in [0.2, 0.25) is 0 Å². The van der Waals surface area contributed by atoms with Gasteiger partial charge in [-0.3, -0.25) is 9.97 Å². The van der Waals surface area contributed by atoms with Gasteiger partial charge in [-0.15, -0.1) is 0 Å². The van der Waals surface area contributed by atoms with Gasteiger partial charge in [0.15, 0.2) is 5.11 Å². The zero-order valence-corrected chi connectivity index (χ0v) is 13.1. The molecule has 0 aliphatic rings. The number of hydrogen-bond donors (Lipinski definition) is 1. The van der Waals surface area contributed by atoms with E-state index in [-0.39, 0.29) is 0 Å². The van der Waals surface area contributed by atoms with E-state index >= 15 is 0 Å². The Morgan fingerprint density at radius 2 is 1.95 bits per heavy atom. The van der Waals surface area contributed by atoms with Crippen molar-refractivity contribution in [3.8, 4) is 0 Å². The fraction of sp³-hybridized carbons (Fsp3) is 0.200. The Kier molecular flexibility index (Phi) is 4.94. The normalized spacial score (nSPS) is 11.1. The molecule has 21 heavy (non-hydrogen) atoms. The summed E-state index contributed by atoms with van der Waals surface area (Å²) in [5.74, 6) is 0. The van der Waals surface area contributed by atoms with Crippen molar-refractivity contribution < 1.29 is 0 Å². The van der Waals surface area contributed by atoms with Gasteiger partial charge in [0.05, 0.1) is 11.9 Å². The maximum Gasteiger partial charge on any atom is 0.193 e. The second-order valence-corrected chi connectivity index (χ2v) is 4.98. The van der Waals surface area contributed by atoms with Gasteiger partial charge in [0.2, 0.25) is 0 Å². The molecule has 6 heteroatoms. The summed E-state index contributed by atoms with van der Waals surface area (Å²) < 4.78 is 0. The van der Waals surface area contributed by atoms with Crippen LogP contribution in [0.15, 0.2) is 48.0 Å². The standard InChI is InChI=1S/C15H17N5S/c1-11-4-6-13(7-5-11)18-15(21)20(3)19-12(2)14-10-16-8-9-17-14/h4-10H,1-3H3,(H,18,21)/b19-12-. The largest absolute Gasteiger partial charge is 0.331 e. The third-order valence-electron chi connectivity index (χ3n) is 2.83. The molecule has 108 valence electrons. The third kappa shape index (κ3) is 4.32. The van der Waals surface area contributed by atoms with Crippen molar-refractivity contribution in [2.75, 3.05) is 12.4 Å². The SMILES string of the molecule is C/C(=N/N(C)C(=S)Nc1ccc(C)cc1)c1cnccn1. The number of nitrogens with zero attached hydrogens (tertiary/aromatic N) is 4. The van der Waals surface area contributed by atoms with Crippen LogP contribution >= 0.6 is 12.2 Å². The van der Waals surface area contributed by atoms with Gasteiger partial charge in [-0.1, -0.05) is 17.7 Å². The fourth-order valence-corrected chi connectivity index (χ4v) is 1.81. The number of thiocarbonyl (C=S) groups is 1. The minimum absolute atomic E-state index is 0.516. The highest BCUT2D eigenvalue weighted by Gasteiger charge is 2.05. The first-order valence-electron chi connectivity index (χ1n) is 6.49. The Morgan fingerprint density at radius 3 is 2.57 bits per heavy atom. The van der Waals surface area contributed by atoms with Crippen molar-refractivity contribution >= 4 is 28.7 Å². The first-order chi connectivity index (χ1) is 10.1. The molecule has 1 N–H and O–H groups in total. The first kappa shape index (κ1) is 15.1. The van der Waals surface area contributed by atoms with Crippen LogP contribution in [0.3, 0.4) is 0 Å². The second kappa shape index (κ2) is 6.90. The van der Waals surface area contributed by atoms with E-state index in [0.29, 0.717) is 5.11 Å². The molecule has 5 nitrogen and oxygen atoms in total. The Bertz CT molecular complexity index is 637. The molecular formula is C15H17N5S. The van der Waals surface area contributed by atoms with Gasteiger partial charge in [0, 0.05) is 25.1 Å². The van der Waals surface area contributed by atoms with E-state index < -0.39 is 0 Å². The number of rotatable bonds is 3. The summed E-state index contributed by atoms with van der Waals surface area (Å²) in [7, 11) is 1.80. The number of anilines is 1. The highest BCUT2D eigenvalue weighted by Crippen LogP contribution is 2.09. The summed E-state index contributed by atoms with van der Waals surface area (Å²) in [5.41, 5.74) is 3.61. The average Bonchev–Trinajstić information content (AvgIpc) is 2.50. The summed E-state index contributed by atoms with van der Waals surface area (Å²) in [6.07, 6.45) is 4.93. The topological polar surface area (TPSA) is 53.4 Å². The molecule has 0 aliphatic carbocycles. The monoisotopic (exact) mass is 299 g/mol. The van der Waals surface area contributed by atoms with Crippen molar-refractivity contribution in [2.45, 2.75) is 13.8 Å². The molecule has 0 bridgehead atoms. The molecule has 0 saturated heterocycles. The number of nitrogens with one attached hydrogen (secondary N) is 1. The van der Waals surface area contributed by atoms with Crippen LogP contribution in [-0.2, 0) is 0 Å². The molecule has 0 atom stereocenters. The average molecular weight is 299 g/mol. The molecule has 0 unspecified atom stereocenters. The van der Waals surface area contributed by atoms with Crippen LogP contribution in [-0.4, -0.2) is 32.8 Å². The predicted octanol–water partition coefficient (Wildman–Crippen LogP) is 2.84. The summed E-state index contributed by atoms with van der Waals surface area (Å²) in [6, 6.07) is 8.02. The maximum atomic E-state index is 5.33. The van der Waals surface area contributed by atoms with Crippen molar-refractivity contribution in [2.24, 2.45) is 5.10 Å². The van der Waals surface area contributed by atoms with Gasteiger partial charge in [-0.2, -0.15) is 5.10 Å². The summed E-state index contributed by atoms with van der Waals surface area (Å²) in [5, 5.41) is 9.67. The lowest BCUT2D eigenvalue weighted by atomic mass is 10.2. The van der Waals surface area contributed by atoms with Crippen molar-refractivity contribution in [1.82, 2.24) is 15.0 Å². The molecule has 1 aromatic heterocycles. The van der Waals surface area contributed by atoms with Gasteiger partial charge in [-0.25, -0.2) is 5.01 Å². The second-order valence-electron chi connectivity index (χ2n) is 4.60. The number of hydrazone groups is 1. The van der Waals surface area contributed by atoms with Crippen LogP contribution in [0.1, 0.15) is 18.2 Å². The van der Waals surface area contributed by atoms with E-state index in [0.717, 1.165) is 17.1 Å². The quantitative estimate of drug-likeness (QED) is 0.536. The van der Waals surface area contributed by atoms with Crippen LogP contribution in [0.5, 0.6) is 0 Å². The number of hydrogen-bond acceptors (Lipinski definition) is 4. The van der Waals surface area contributed by atoms with Crippen LogP contribution in [0, 0.1) is 6.92 Å². The lowest BCUT2D eigenvalue weighted by Gasteiger charge is -2.17. The van der Waals surface area contributed by atoms with Crippen molar-refractivity contribution in [1.29, 1.82) is 0 Å². The Morgan fingerprint density at radius 1 is 1.24 bits per heavy atom. The van der Waals surface area contributed by atoms with Gasteiger partial charge in [0.1, 0.15) is 5.69 Å². The summed E-state index contributed by atoms with van der Waals surface area (Å²) >= 11 is 5.33. The molecular weight excluding hydrogens is 282 g/mol. The summed E-state index contributed by atoms with van der Waals surface area (Å²) in [4.78, 5) is 8.22. The molecule has 0 aliphatic heterocycles. The lowest BCUT2D eigenvalue weighted by molar-refractivity contribution is 0.553. The predicted molar refractivity (Wildman–Crippen MR) is 89.4 cm³/mol. The zero-order valence-electron chi connectivity index (χ0n) is 12.2. The minimum Gasteiger partial charge on any atom is -0.331 e. The molecule has 2 aromatic rings. The van der Waals surface area contributed by atoms with Crippen LogP contribution in [0.25, 0.3) is 0 Å². The van der Waals surface area contributed by atoms with Crippen LogP contribution < -0.4 is 5.32 Å². The third-order valence-corrected chi connectivity index (χ3v) is 3.20. The van der Waals surface area contributed by atoms with E-state index in [2.05, 4.69) is 20.4 Å². The Balaban J connectivity index is 2.04. The molecule has 1 heterocycles. The molecule has 0 spiro atoms. The molecule has 2 rings (SSSR count). The van der Waals surface area contributed by atoms with E-state index in [1.807, 2.05) is 38.1 Å². The van der Waals surface area contributed by atoms with E-state index in [1.165, 1.54) is 5.56 Å². The molecule has 0 saturated carbocycles. The first-order valence-corrected chi connectivity index (χ1v) is 6.90. The van der Waals surface area contributed by atoms with Gasteiger partial charge in [-0.05, 0) is 38.2 Å². The van der Waals surface area contributed by atoms with E-state index in [1.54, 1.807) is 30.6 Å². The fourth-order valence-electron chi connectivity index (χ4n) is 1.65. The Labute approximate surface area is 129 Å². The highest BCUT2D eigenvalue weighted by molar-refractivity contribution is 7.80. The molecule has 0 radical (unpaired) electrons. The number of aryl methyl sites for hydroxylation is 1. The molecule has 0 amide bonds. The van der Waals surface area contributed by atoms with Crippen molar-refractivity contribution in [3.05, 3.63) is 54.1 Å². The molecule has 0 fully saturated rings. The van der Waals surface area contributed by atoms with Gasteiger partial charge in [0.25, 0.3) is 0 Å². The van der Waals surface area contributed by atoms with Crippen LogP contribution in [0.4, 0.5) is 5.69 Å². The number of benzene rings is 1. The minimum atomic E-state index is 0.516. The Hall–Kier alpha value is -2.34. The zero-order chi connectivity index (χ0) is 15.2. The summed E-state index contributed by atoms with van der Waals surface area (Å²) in [6.45, 7) is 3.91. The highest BCUT2D eigenvalue weighted by atomic mass is 32.1. The number of aromatic nitrogens is 2. The van der Waals surface area contributed by atoms with E-state index in [4.69, 9.17) is 12.2 Å². The van der Waals surface area contributed by atoms with Gasteiger partial charge >= 0.3 is 0 Å². The molecule has 1 aromatic carbocycles.